The Bertz CT molecular complexity index is 1000. The molecule has 4 rings (SSSR count). The van der Waals surface area contributed by atoms with Crippen LogP contribution < -0.4 is 4.90 Å². The van der Waals surface area contributed by atoms with Crippen molar-refractivity contribution in [1.82, 2.24) is 4.98 Å². The summed E-state index contributed by atoms with van der Waals surface area (Å²) >= 11 is 9.67. The number of carbonyl (C=O) groups excluding carboxylic acids is 1. The third-order valence-electron chi connectivity index (χ3n) is 5.05. The van der Waals surface area contributed by atoms with E-state index in [2.05, 4.69) is 13.8 Å². The Labute approximate surface area is 190 Å². The number of anilines is 1. The van der Waals surface area contributed by atoms with E-state index in [1.165, 1.54) is 11.3 Å². The number of thiazole rings is 1. The highest BCUT2D eigenvalue weighted by molar-refractivity contribution is 7.99. The van der Waals surface area contributed by atoms with E-state index in [0.29, 0.717) is 27.5 Å². The van der Waals surface area contributed by atoms with Gasteiger partial charge < -0.3 is 4.74 Å². The predicted octanol–water partition coefficient (Wildman–Crippen LogP) is 6.58. The lowest BCUT2D eigenvalue weighted by Gasteiger charge is -2.23. The zero-order chi connectivity index (χ0) is 21.3. The molecule has 0 spiro atoms. The van der Waals surface area contributed by atoms with Crippen molar-refractivity contribution in [1.29, 1.82) is 0 Å². The number of carbonyl (C=O) groups is 1. The summed E-state index contributed by atoms with van der Waals surface area (Å²) in [5.41, 5.74) is 2.57. The van der Waals surface area contributed by atoms with Crippen LogP contribution in [0.5, 0.6) is 0 Å². The molecule has 2 heterocycles. The lowest BCUT2D eigenvalue weighted by atomic mass is 10.2. The fraction of sp³-hybridized carbons (Fsp3) is 0.391. The van der Waals surface area contributed by atoms with Gasteiger partial charge in [0.05, 0.1) is 27.9 Å². The molecule has 4 nitrogen and oxygen atoms in total. The number of aryl methyl sites for hydroxylation is 1. The van der Waals surface area contributed by atoms with Crippen molar-refractivity contribution < 1.29 is 9.53 Å². The van der Waals surface area contributed by atoms with Gasteiger partial charge in [-0.1, -0.05) is 42.9 Å². The fourth-order valence-electron chi connectivity index (χ4n) is 3.55. The summed E-state index contributed by atoms with van der Waals surface area (Å²) in [6, 6.07) is 11.7. The van der Waals surface area contributed by atoms with Crippen molar-refractivity contribution in [2.24, 2.45) is 0 Å². The van der Waals surface area contributed by atoms with E-state index in [-0.39, 0.29) is 12.0 Å². The second-order valence-corrected chi connectivity index (χ2v) is 10.8. The number of halogens is 1. The van der Waals surface area contributed by atoms with Crippen molar-refractivity contribution in [2.45, 2.75) is 49.9 Å². The van der Waals surface area contributed by atoms with Gasteiger partial charge in [0.2, 0.25) is 0 Å². The predicted molar refractivity (Wildman–Crippen MR) is 127 cm³/mol. The molecule has 1 aromatic heterocycles. The van der Waals surface area contributed by atoms with Crippen LogP contribution in [0.15, 0.2) is 41.3 Å². The van der Waals surface area contributed by atoms with E-state index in [9.17, 15) is 4.79 Å². The van der Waals surface area contributed by atoms with Gasteiger partial charge in [0.15, 0.2) is 5.13 Å². The lowest BCUT2D eigenvalue weighted by molar-refractivity contribution is 0.0917. The molecule has 2 aromatic carbocycles. The number of amides is 1. The molecular weight excluding hydrogens is 436 g/mol. The van der Waals surface area contributed by atoms with E-state index in [0.717, 1.165) is 40.1 Å². The Morgan fingerprint density at radius 1 is 1.30 bits per heavy atom. The van der Waals surface area contributed by atoms with Gasteiger partial charge in [0.1, 0.15) is 0 Å². The summed E-state index contributed by atoms with van der Waals surface area (Å²) < 4.78 is 6.75. The highest BCUT2D eigenvalue weighted by atomic mass is 35.5. The van der Waals surface area contributed by atoms with Gasteiger partial charge in [-0.15, -0.1) is 11.8 Å². The number of benzene rings is 2. The van der Waals surface area contributed by atoms with Crippen LogP contribution in [0.25, 0.3) is 10.2 Å². The molecule has 1 aliphatic rings. The average Bonchev–Trinajstić information content (AvgIpc) is 3.39. The van der Waals surface area contributed by atoms with Crippen molar-refractivity contribution in [3.05, 3.63) is 52.5 Å². The van der Waals surface area contributed by atoms with Crippen LogP contribution in [0.1, 0.15) is 42.6 Å². The number of thioether (sulfide) groups is 1. The Morgan fingerprint density at radius 3 is 2.70 bits per heavy atom. The maximum absolute atomic E-state index is 13.5. The minimum atomic E-state index is -0.0561. The van der Waals surface area contributed by atoms with Gasteiger partial charge in [-0.05, 0) is 55.7 Å². The van der Waals surface area contributed by atoms with Crippen LogP contribution in [0.2, 0.25) is 5.02 Å². The van der Waals surface area contributed by atoms with Crippen molar-refractivity contribution >= 4 is 56.0 Å². The van der Waals surface area contributed by atoms with E-state index in [1.54, 1.807) is 16.7 Å². The molecule has 0 saturated carbocycles. The first-order valence-electron chi connectivity index (χ1n) is 10.2. The molecule has 0 N–H and O–H groups in total. The Kier molecular flexibility index (Phi) is 6.68. The van der Waals surface area contributed by atoms with Gasteiger partial charge in [-0.2, -0.15) is 0 Å². The first-order valence-corrected chi connectivity index (χ1v) is 12.3. The first kappa shape index (κ1) is 21.6. The molecule has 1 aliphatic heterocycles. The van der Waals surface area contributed by atoms with Crippen LogP contribution in [0.4, 0.5) is 5.13 Å². The van der Waals surface area contributed by atoms with Crippen molar-refractivity contribution in [2.75, 3.05) is 18.1 Å². The van der Waals surface area contributed by atoms with Crippen molar-refractivity contribution in [3.63, 3.8) is 0 Å². The summed E-state index contributed by atoms with van der Waals surface area (Å²) in [5, 5.41) is 1.83. The van der Waals surface area contributed by atoms with E-state index >= 15 is 0 Å². The van der Waals surface area contributed by atoms with Gasteiger partial charge in [-0.25, -0.2) is 4.98 Å². The Hall–Kier alpha value is -1.60. The Morgan fingerprint density at radius 2 is 2.07 bits per heavy atom. The molecule has 158 valence electrons. The maximum Gasteiger partial charge on any atom is 0.260 e. The minimum absolute atomic E-state index is 0.0355. The topological polar surface area (TPSA) is 42.4 Å². The minimum Gasteiger partial charge on any atom is -0.376 e. The number of hydrogen-bond donors (Lipinski definition) is 0. The fourth-order valence-corrected chi connectivity index (χ4v) is 5.71. The van der Waals surface area contributed by atoms with Crippen LogP contribution in [0, 0.1) is 6.92 Å². The summed E-state index contributed by atoms with van der Waals surface area (Å²) in [7, 11) is 0. The monoisotopic (exact) mass is 460 g/mol. The molecule has 1 amide bonds. The normalized spacial score (nSPS) is 16.5. The third kappa shape index (κ3) is 4.67. The standard InChI is InChI=1S/C23H25ClN2O2S2/c1-14(2)29-18-9-7-16(8-10-18)22(27)26(13-17-5-4-12-28-17)23-25-20-15(3)6-11-19(24)21(20)30-23/h6-11,14,17H,4-5,12-13H2,1-3H3. The van der Waals surface area contributed by atoms with Crippen LogP contribution in [-0.2, 0) is 4.74 Å². The summed E-state index contributed by atoms with van der Waals surface area (Å²) in [6.45, 7) is 7.58. The average molecular weight is 461 g/mol. The lowest BCUT2D eigenvalue weighted by Crippen LogP contribution is -2.37. The summed E-state index contributed by atoms with van der Waals surface area (Å²) in [6.07, 6.45) is 2.02. The SMILES string of the molecule is Cc1ccc(Cl)c2sc(N(CC3CCCO3)C(=O)c3ccc(SC(C)C)cc3)nc12. The van der Waals surface area contributed by atoms with Gasteiger partial charge in [0, 0.05) is 22.3 Å². The Balaban J connectivity index is 1.68. The number of nitrogens with zero attached hydrogens (tertiary/aromatic N) is 2. The second kappa shape index (κ2) is 9.27. The number of fused-ring (bicyclic) bond motifs is 1. The molecule has 30 heavy (non-hydrogen) atoms. The molecule has 7 heteroatoms. The van der Waals surface area contributed by atoms with Crippen molar-refractivity contribution in [3.8, 4) is 0 Å². The molecule has 0 aliphatic carbocycles. The van der Waals surface area contributed by atoms with Gasteiger partial charge in [-0.3, -0.25) is 9.69 Å². The molecule has 1 saturated heterocycles. The van der Waals surface area contributed by atoms with E-state index in [1.807, 2.05) is 43.3 Å². The maximum atomic E-state index is 13.5. The molecule has 0 bridgehead atoms. The summed E-state index contributed by atoms with van der Waals surface area (Å²) in [4.78, 5) is 21.2. The number of aromatic nitrogens is 1. The zero-order valence-electron chi connectivity index (χ0n) is 17.4. The van der Waals surface area contributed by atoms with E-state index < -0.39 is 0 Å². The highest BCUT2D eigenvalue weighted by Crippen LogP contribution is 2.36. The highest BCUT2D eigenvalue weighted by Gasteiger charge is 2.27. The number of hydrogen-bond acceptors (Lipinski definition) is 5. The van der Waals surface area contributed by atoms with E-state index in [4.69, 9.17) is 21.3 Å². The summed E-state index contributed by atoms with van der Waals surface area (Å²) in [5.74, 6) is -0.0561. The third-order valence-corrected chi connectivity index (χ3v) is 7.60. The number of ether oxygens (including phenoxy) is 1. The molecular formula is C23H25ClN2O2S2. The molecule has 3 aromatic rings. The molecule has 0 radical (unpaired) electrons. The quantitative estimate of drug-likeness (QED) is 0.389. The largest absolute Gasteiger partial charge is 0.376 e. The van der Waals surface area contributed by atoms with Crippen LogP contribution in [0.3, 0.4) is 0 Å². The second-order valence-electron chi connectivity index (χ2n) is 7.78. The zero-order valence-corrected chi connectivity index (χ0v) is 19.7. The molecule has 1 unspecified atom stereocenters. The van der Waals surface area contributed by atoms with Gasteiger partial charge >= 0.3 is 0 Å². The smallest absolute Gasteiger partial charge is 0.260 e. The van der Waals surface area contributed by atoms with Crippen LogP contribution in [-0.4, -0.2) is 35.4 Å². The molecule has 1 atom stereocenters. The number of rotatable bonds is 6. The molecule has 1 fully saturated rings. The van der Waals surface area contributed by atoms with Gasteiger partial charge in [0.25, 0.3) is 5.91 Å². The first-order chi connectivity index (χ1) is 14.4. The van der Waals surface area contributed by atoms with Crippen LogP contribution >= 0.6 is 34.7 Å².